The van der Waals surface area contributed by atoms with E-state index in [1.165, 1.54) is 0 Å². The monoisotopic (exact) mass is 315 g/mol. The summed E-state index contributed by atoms with van der Waals surface area (Å²) in [6.07, 6.45) is 5.53. The van der Waals surface area contributed by atoms with Crippen molar-refractivity contribution in [2.24, 2.45) is 10.4 Å². The van der Waals surface area contributed by atoms with E-state index < -0.39 is 10.8 Å². The van der Waals surface area contributed by atoms with Crippen molar-refractivity contribution in [3.8, 4) is 0 Å². The van der Waals surface area contributed by atoms with Crippen molar-refractivity contribution in [2.75, 3.05) is 19.3 Å². The summed E-state index contributed by atoms with van der Waals surface area (Å²) in [5.74, 6) is 1.66. The third-order valence-corrected chi connectivity index (χ3v) is 5.76. The summed E-state index contributed by atoms with van der Waals surface area (Å²) in [6.45, 7) is 9.68. The van der Waals surface area contributed by atoms with Crippen LogP contribution in [-0.2, 0) is 10.8 Å². The minimum absolute atomic E-state index is 0.333. The molecule has 0 aromatic heterocycles. The molecule has 1 aliphatic carbocycles. The molecule has 3 atom stereocenters. The number of nitrogens with one attached hydrogen (secondary N) is 2. The van der Waals surface area contributed by atoms with E-state index in [9.17, 15) is 4.21 Å². The predicted molar refractivity (Wildman–Crippen MR) is 93.3 cm³/mol. The van der Waals surface area contributed by atoms with Crippen molar-refractivity contribution in [3.05, 3.63) is 0 Å². The quantitative estimate of drug-likeness (QED) is 0.606. The SMILES string of the molecule is CCS(=O)C1CCCC(NC(=NC)NCCC(C)(C)C)C1. The Morgan fingerprint density at radius 1 is 1.33 bits per heavy atom. The number of nitrogens with zero attached hydrogens (tertiary/aromatic N) is 1. The van der Waals surface area contributed by atoms with Gasteiger partial charge in [-0.15, -0.1) is 0 Å². The van der Waals surface area contributed by atoms with Crippen molar-refractivity contribution in [3.63, 3.8) is 0 Å². The minimum Gasteiger partial charge on any atom is -0.356 e. The highest BCUT2D eigenvalue weighted by atomic mass is 32.2. The van der Waals surface area contributed by atoms with Crippen LogP contribution in [0.15, 0.2) is 4.99 Å². The van der Waals surface area contributed by atoms with Gasteiger partial charge in [0, 0.05) is 41.4 Å². The molecule has 3 unspecified atom stereocenters. The van der Waals surface area contributed by atoms with Crippen LogP contribution in [0.3, 0.4) is 0 Å². The van der Waals surface area contributed by atoms with Crippen LogP contribution in [0, 0.1) is 5.41 Å². The molecule has 0 bridgehead atoms. The molecule has 0 aromatic rings. The fraction of sp³-hybridized carbons (Fsp3) is 0.938. The Balaban J connectivity index is 2.41. The molecule has 0 aromatic carbocycles. The van der Waals surface area contributed by atoms with Gasteiger partial charge in [0.1, 0.15) is 0 Å². The number of hydrogen-bond acceptors (Lipinski definition) is 2. The van der Waals surface area contributed by atoms with Gasteiger partial charge in [-0.25, -0.2) is 0 Å². The number of aliphatic imine (C=N–C) groups is 1. The zero-order chi connectivity index (χ0) is 15.9. The highest BCUT2D eigenvalue weighted by Crippen LogP contribution is 2.23. The molecule has 124 valence electrons. The normalized spacial score (nSPS) is 25.5. The smallest absolute Gasteiger partial charge is 0.191 e. The Morgan fingerprint density at radius 3 is 2.62 bits per heavy atom. The maximum Gasteiger partial charge on any atom is 0.191 e. The van der Waals surface area contributed by atoms with Crippen molar-refractivity contribution < 1.29 is 4.21 Å². The molecule has 1 rings (SSSR count). The topological polar surface area (TPSA) is 53.5 Å². The second-order valence-corrected chi connectivity index (χ2v) is 9.11. The van der Waals surface area contributed by atoms with Gasteiger partial charge in [0.2, 0.25) is 0 Å². The second kappa shape index (κ2) is 8.76. The summed E-state index contributed by atoms with van der Waals surface area (Å²) < 4.78 is 12.0. The molecule has 5 heteroatoms. The molecule has 0 radical (unpaired) electrons. The fourth-order valence-electron chi connectivity index (χ4n) is 2.69. The first-order valence-corrected chi connectivity index (χ1v) is 9.58. The molecule has 1 aliphatic rings. The molecule has 4 nitrogen and oxygen atoms in total. The molecular formula is C16H33N3OS. The van der Waals surface area contributed by atoms with Crippen molar-refractivity contribution in [2.45, 2.75) is 71.1 Å². The van der Waals surface area contributed by atoms with Gasteiger partial charge < -0.3 is 10.6 Å². The first-order chi connectivity index (χ1) is 9.85. The van der Waals surface area contributed by atoms with Gasteiger partial charge in [-0.3, -0.25) is 9.20 Å². The number of guanidine groups is 1. The van der Waals surface area contributed by atoms with Crippen LogP contribution >= 0.6 is 0 Å². The maximum atomic E-state index is 12.0. The Labute approximate surface area is 133 Å². The molecule has 0 aliphatic heterocycles. The van der Waals surface area contributed by atoms with Gasteiger partial charge in [0.25, 0.3) is 0 Å². The Hall–Kier alpha value is -0.580. The van der Waals surface area contributed by atoms with Gasteiger partial charge in [-0.1, -0.05) is 34.1 Å². The second-order valence-electron chi connectivity index (χ2n) is 7.11. The summed E-state index contributed by atoms with van der Waals surface area (Å²) >= 11 is 0. The van der Waals surface area contributed by atoms with E-state index in [0.29, 0.717) is 16.7 Å². The molecule has 0 heterocycles. The van der Waals surface area contributed by atoms with Gasteiger partial charge in [-0.2, -0.15) is 0 Å². The Bertz CT molecular complexity index is 363. The van der Waals surface area contributed by atoms with Crippen LogP contribution in [0.25, 0.3) is 0 Å². The predicted octanol–water partition coefficient (Wildman–Crippen LogP) is 2.67. The first kappa shape index (κ1) is 18.5. The first-order valence-electron chi connectivity index (χ1n) is 8.20. The molecule has 0 saturated heterocycles. The molecule has 1 fully saturated rings. The average Bonchev–Trinajstić information content (AvgIpc) is 2.44. The number of rotatable bonds is 5. The van der Waals surface area contributed by atoms with Crippen molar-refractivity contribution in [1.29, 1.82) is 0 Å². The van der Waals surface area contributed by atoms with E-state index in [2.05, 4.69) is 36.4 Å². The van der Waals surface area contributed by atoms with Crippen LogP contribution in [0.1, 0.15) is 59.8 Å². The summed E-state index contributed by atoms with van der Waals surface area (Å²) in [6, 6.07) is 0.403. The highest BCUT2D eigenvalue weighted by molar-refractivity contribution is 7.85. The largest absolute Gasteiger partial charge is 0.356 e. The van der Waals surface area contributed by atoms with E-state index in [1.54, 1.807) is 0 Å². The molecule has 21 heavy (non-hydrogen) atoms. The molecule has 0 spiro atoms. The lowest BCUT2D eigenvalue weighted by atomic mass is 9.92. The fourth-order valence-corrected chi connectivity index (χ4v) is 4.04. The summed E-state index contributed by atoms with van der Waals surface area (Å²) in [7, 11) is 1.15. The lowest BCUT2D eigenvalue weighted by Crippen LogP contribution is -2.47. The standard InChI is InChI=1S/C16H33N3OS/c1-6-21(20)14-9-7-8-13(12-14)19-15(17-5)18-11-10-16(2,3)4/h13-14H,6-12H2,1-5H3,(H2,17,18,19). The third-order valence-electron chi connectivity index (χ3n) is 4.01. The van der Waals surface area contributed by atoms with Crippen molar-refractivity contribution in [1.82, 2.24) is 10.6 Å². The zero-order valence-electron chi connectivity index (χ0n) is 14.4. The van der Waals surface area contributed by atoms with E-state index >= 15 is 0 Å². The highest BCUT2D eigenvalue weighted by Gasteiger charge is 2.26. The van der Waals surface area contributed by atoms with Crippen LogP contribution in [0.4, 0.5) is 0 Å². The maximum absolute atomic E-state index is 12.0. The van der Waals surface area contributed by atoms with E-state index in [4.69, 9.17) is 0 Å². The minimum atomic E-state index is -0.668. The summed E-state index contributed by atoms with van der Waals surface area (Å²) in [4.78, 5) is 4.31. The summed E-state index contributed by atoms with van der Waals surface area (Å²) in [5, 5.41) is 7.26. The zero-order valence-corrected chi connectivity index (χ0v) is 15.2. The molecule has 2 N–H and O–H groups in total. The Morgan fingerprint density at radius 2 is 2.05 bits per heavy atom. The Kier molecular flexibility index (Phi) is 7.71. The summed E-state index contributed by atoms with van der Waals surface area (Å²) in [5.41, 5.74) is 0.333. The average molecular weight is 316 g/mol. The van der Waals surface area contributed by atoms with Crippen LogP contribution < -0.4 is 10.6 Å². The van der Waals surface area contributed by atoms with Gasteiger partial charge in [0.15, 0.2) is 5.96 Å². The third kappa shape index (κ3) is 7.30. The lowest BCUT2D eigenvalue weighted by Gasteiger charge is -2.30. The van der Waals surface area contributed by atoms with Gasteiger partial charge >= 0.3 is 0 Å². The van der Waals surface area contributed by atoms with Gasteiger partial charge in [-0.05, 0) is 31.1 Å². The molecule has 0 amide bonds. The van der Waals surface area contributed by atoms with Crippen molar-refractivity contribution >= 4 is 16.8 Å². The van der Waals surface area contributed by atoms with Gasteiger partial charge in [0.05, 0.1) is 0 Å². The van der Waals surface area contributed by atoms with E-state index in [0.717, 1.165) is 50.4 Å². The van der Waals surface area contributed by atoms with Crippen LogP contribution in [-0.4, -0.2) is 40.8 Å². The van der Waals surface area contributed by atoms with Crippen LogP contribution in [0.2, 0.25) is 0 Å². The van der Waals surface area contributed by atoms with Crippen LogP contribution in [0.5, 0.6) is 0 Å². The molecular weight excluding hydrogens is 282 g/mol. The molecule has 1 saturated carbocycles. The van der Waals surface area contributed by atoms with E-state index in [1.807, 2.05) is 14.0 Å². The number of hydrogen-bond donors (Lipinski definition) is 2. The van der Waals surface area contributed by atoms with E-state index in [-0.39, 0.29) is 0 Å². The lowest BCUT2D eigenvalue weighted by molar-refractivity contribution is 0.374.